The topological polar surface area (TPSA) is 84.9 Å². The zero-order chi connectivity index (χ0) is 18.2. The first-order valence-electron chi connectivity index (χ1n) is 8.38. The van der Waals surface area contributed by atoms with Crippen LogP contribution in [0, 0.1) is 0 Å². The van der Waals surface area contributed by atoms with Crippen LogP contribution in [0.5, 0.6) is 5.75 Å². The Hall–Kier alpha value is -2.57. The number of nitrogens with one attached hydrogen (secondary N) is 1. The maximum absolute atomic E-state index is 12.2. The third-order valence-corrected chi connectivity index (χ3v) is 4.05. The standard InChI is InChI=1S/C18H22N2O5/c1-18(2,3)25-17(23)20-9-5-6-11(10-20)24-13-8-4-7-12-14(13)16(22)19-15(12)21/h4,7-8,11H,5-6,9-10H2,1-3H3,(H,19,21,22). The molecule has 2 heterocycles. The predicted octanol–water partition coefficient (Wildman–Crippen LogP) is 2.35. The summed E-state index contributed by atoms with van der Waals surface area (Å²) in [6.45, 7) is 6.47. The smallest absolute Gasteiger partial charge is 0.410 e. The molecular formula is C18H22N2O5. The molecule has 0 saturated carbocycles. The van der Waals surface area contributed by atoms with Gasteiger partial charge in [-0.25, -0.2) is 4.79 Å². The van der Waals surface area contributed by atoms with E-state index in [1.807, 2.05) is 20.8 Å². The molecule has 0 bridgehead atoms. The maximum Gasteiger partial charge on any atom is 0.410 e. The Bertz CT molecular complexity index is 723. The van der Waals surface area contributed by atoms with Gasteiger partial charge in [-0.15, -0.1) is 0 Å². The first kappa shape index (κ1) is 17.3. The largest absolute Gasteiger partial charge is 0.488 e. The Morgan fingerprint density at radius 3 is 2.72 bits per heavy atom. The van der Waals surface area contributed by atoms with E-state index in [-0.39, 0.29) is 17.8 Å². The quantitative estimate of drug-likeness (QED) is 0.831. The van der Waals surface area contributed by atoms with Crippen LogP contribution in [0.4, 0.5) is 4.79 Å². The van der Waals surface area contributed by atoms with Crippen molar-refractivity contribution >= 4 is 17.9 Å². The lowest BCUT2D eigenvalue weighted by Crippen LogP contribution is -2.46. The highest BCUT2D eigenvalue weighted by atomic mass is 16.6. The highest BCUT2D eigenvalue weighted by Crippen LogP contribution is 2.29. The van der Waals surface area contributed by atoms with Gasteiger partial charge in [-0.2, -0.15) is 0 Å². The fourth-order valence-corrected chi connectivity index (χ4v) is 2.99. The van der Waals surface area contributed by atoms with Crippen LogP contribution in [0.3, 0.4) is 0 Å². The fraction of sp³-hybridized carbons (Fsp3) is 0.500. The van der Waals surface area contributed by atoms with E-state index in [0.29, 0.717) is 24.4 Å². The van der Waals surface area contributed by atoms with Crippen molar-refractivity contribution in [2.24, 2.45) is 0 Å². The van der Waals surface area contributed by atoms with Gasteiger partial charge in [0.2, 0.25) is 0 Å². The summed E-state index contributed by atoms with van der Waals surface area (Å²) in [6, 6.07) is 4.94. The minimum absolute atomic E-state index is 0.253. The number of benzene rings is 1. The van der Waals surface area contributed by atoms with Gasteiger partial charge in [0.15, 0.2) is 0 Å². The SMILES string of the molecule is CC(C)(C)OC(=O)N1CCCC(Oc2cccc3c2C(=O)NC3=O)C1. The fourth-order valence-electron chi connectivity index (χ4n) is 2.99. The number of piperidine rings is 1. The predicted molar refractivity (Wildman–Crippen MR) is 89.7 cm³/mol. The average Bonchev–Trinajstić information content (AvgIpc) is 2.82. The number of amides is 3. The van der Waals surface area contributed by atoms with Gasteiger partial charge in [-0.1, -0.05) is 6.07 Å². The Morgan fingerprint density at radius 1 is 1.24 bits per heavy atom. The number of carbonyl (C=O) groups is 3. The van der Waals surface area contributed by atoms with Crippen molar-refractivity contribution in [1.29, 1.82) is 0 Å². The third kappa shape index (κ3) is 3.75. The second kappa shape index (κ2) is 6.38. The minimum Gasteiger partial charge on any atom is -0.488 e. The van der Waals surface area contributed by atoms with Gasteiger partial charge in [0.25, 0.3) is 11.8 Å². The van der Waals surface area contributed by atoms with Crippen molar-refractivity contribution in [3.63, 3.8) is 0 Å². The lowest BCUT2D eigenvalue weighted by atomic mass is 10.1. The molecule has 3 amide bonds. The van der Waals surface area contributed by atoms with Gasteiger partial charge >= 0.3 is 6.09 Å². The average molecular weight is 346 g/mol. The summed E-state index contributed by atoms with van der Waals surface area (Å²) in [5, 5.41) is 2.27. The van der Waals surface area contributed by atoms with Crippen molar-refractivity contribution in [3.8, 4) is 5.75 Å². The Morgan fingerprint density at radius 2 is 2.00 bits per heavy atom. The summed E-state index contributed by atoms with van der Waals surface area (Å²) in [7, 11) is 0. The van der Waals surface area contributed by atoms with Crippen LogP contribution in [0.15, 0.2) is 18.2 Å². The highest BCUT2D eigenvalue weighted by molar-refractivity contribution is 6.22. The number of ether oxygens (including phenoxy) is 2. The van der Waals surface area contributed by atoms with E-state index in [1.165, 1.54) is 0 Å². The van der Waals surface area contributed by atoms with Crippen molar-refractivity contribution in [1.82, 2.24) is 10.2 Å². The number of imide groups is 1. The van der Waals surface area contributed by atoms with Crippen LogP contribution >= 0.6 is 0 Å². The molecule has 2 aliphatic rings. The molecule has 1 fully saturated rings. The van der Waals surface area contributed by atoms with Crippen molar-refractivity contribution < 1.29 is 23.9 Å². The first-order chi connectivity index (χ1) is 11.7. The van der Waals surface area contributed by atoms with E-state index in [2.05, 4.69) is 5.32 Å². The maximum atomic E-state index is 12.2. The Balaban J connectivity index is 1.71. The lowest BCUT2D eigenvalue weighted by molar-refractivity contribution is 0.00763. The van der Waals surface area contributed by atoms with Crippen LogP contribution in [0.25, 0.3) is 0 Å². The zero-order valence-electron chi connectivity index (χ0n) is 14.6. The second-order valence-electron chi connectivity index (χ2n) is 7.27. The van der Waals surface area contributed by atoms with Crippen molar-refractivity contribution in [2.45, 2.75) is 45.3 Å². The number of hydrogen-bond donors (Lipinski definition) is 1. The van der Waals surface area contributed by atoms with Crippen LogP contribution < -0.4 is 10.1 Å². The summed E-state index contributed by atoms with van der Waals surface area (Å²) < 4.78 is 11.4. The highest BCUT2D eigenvalue weighted by Gasteiger charge is 2.33. The Kier molecular flexibility index (Phi) is 4.41. The van der Waals surface area contributed by atoms with Crippen LogP contribution in [-0.2, 0) is 4.74 Å². The minimum atomic E-state index is -0.552. The van der Waals surface area contributed by atoms with Gasteiger partial charge in [0.05, 0.1) is 17.7 Å². The van der Waals surface area contributed by atoms with Crippen LogP contribution in [-0.4, -0.2) is 47.6 Å². The molecule has 1 saturated heterocycles. The van der Waals surface area contributed by atoms with Gasteiger partial charge in [-0.05, 0) is 45.7 Å². The van der Waals surface area contributed by atoms with E-state index in [4.69, 9.17) is 9.47 Å². The lowest BCUT2D eigenvalue weighted by Gasteiger charge is -2.34. The first-order valence-corrected chi connectivity index (χ1v) is 8.38. The van der Waals surface area contributed by atoms with Crippen LogP contribution in [0.2, 0.25) is 0 Å². The number of fused-ring (bicyclic) bond motifs is 1. The van der Waals surface area contributed by atoms with E-state index in [9.17, 15) is 14.4 Å². The molecule has 1 N–H and O–H groups in total. The molecule has 7 nitrogen and oxygen atoms in total. The van der Waals surface area contributed by atoms with Crippen molar-refractivity contribution in [2.75, 3.05) is 13.1 Å². The molecule has 0 spiro atoms. The van der Waals surface area contributed by atoms with Crippen LogP contribution in [0.1, 0.15) is 54.3 Å². The summed E-state index contributed by atoms with van der Waals surface area (Å²) >= 11 is 0. The number of hydrogen-bond acceptors (Lipinski definition) is 5. The van der Waals surface area contributed by atoms with Crippen molar-refractivity contribution in [3.05, 3.63) is 29.3 Å². The molecule has 1 aromatic rings. The molecule has 134 valence electrons. The molecule has 2 aliphatic heterocycles. The normalized spacial score (nSPS) is 20.1. The molecule has 7 heteroatoms. The molecule has 25 heavy (non-hydrogen) atoms. The molecule has 0 radical (unpaired) electrons. The molecule has 1 unspecified atom stereocenters. The van der Waals surface area contributed by atoms with E-state index < -0.39 is 17.4 Å². The summed E-state index contributed by atoms with van der Waals surface area (Å²) in [6.07, 6.45) is 0.922. The second-order valence-corrected chi connectivity index (χ2v) is 7.27. The molecule has 1 aromatic carbocycles. The Labute approximate surface area is 146 Å². The summed E-state index contributed by atoms with van der Waals surface area (Å²) in [5.74, 6) is -0.489. The van der Waals surface area contributed by atoms with Gasteiger partial charge in [0.1, 0.15) is 17.5 Å². The summed E-state index contributed by atoms with van der Waals surface area (Å²) in [5.41, 5.74) is 0.0352. The van der Waals surface area contributed by atoms with Gasteiger partial charge in [-0.3, -0.25) is 14.9 Å². The zero-order valence-corrected chi connectivity index (χ0v) is 14.6. The molecule has 1 atom stereocenters. The van der Waals surface area contributed by atoms with E-state index in [0.717, 1.165) is 12.8 Å². The molecular weight excluding hydrogens is 324 g/mol. The number of likely N-dealkylation sites (tertiary alicyclic amines) is 1. The van der Waals surface area contributed by atoms with E-state index >= 15 is 0 Å². The van der Waals surface area contributed by atoms with E-state index in [1.54, 1.807) is 23.1 Å². The number of carbonyl (C=O) groups excluding carboxylic acids is 3. The number of nitrogens with zero attached hydrogens (tertiary/aromatic N) is 1. The van der Waals surface area contributed by atoms with Gasteiger partial charge < -0.3 is 14.4 Å². The molecule has 0 aliphatic carbocycles. The summed E-state index contributed by atoms with van der Waals surface area (Å²) in [4.78, 5) is 37.6. The molecule has 0 aromatic heterocycles. The molecule has 3 rings (SSSR count). The monoisotopic (exact) mass is 346 g/mol. The third-order valence-electron chi connectivity index (χ3n) is 4.05. The number of rotatable bonds is 2. The van der Waals surface area contributed by atoms with Gasteiger partial charge in [0, 0.05) is 6.54 Å².